The third-order valence-electron chi connectivity index (χ3n) is 4.32. The Morgan fingerprint density at radius 3 is 1.95 bits per heavy atom. The van der Waals surface area contributed by atoms with Gasteiger partial charge in [0, 0.05) is 18.2 Å². The van der Waals surface area contributed by atoms with Crippen LogP contribution in [-0.4, -0.2) is 48.3 Å². The van der Waals surface area contributed by atoms with Gasteiger partial charge in [-0.1, -0.05) is 51.9 Å². The van der Waals surface area contributed by atoms with Crippen molar-refractivity contribution in [2.45, 2.75) is 89.5 Å². The second-order valence-electron chi connectivity index (χ2n) is 7.32. The zero-order valence-corrected chi connectivity index (χ0v) is 15.7. The molecular weight excluding hydrogens is 282 g/mol. The normalized spacial score (nSPS) is 15.1. The van der Waals surface area contributed by atoms with Crippen molar-refractivity contribution in [3.63, 3.8) is 0 Å². The standard InChI is InChI=1S/C18H39ClNO/c1-5-6-7-8-9-10-11-12-18(19)14-16-20(3,4)15-13-17(2)21/h17-18,21H,5-16H2,1-4H3/q+1. The summed E-state index contributed by atoms with van der Waals surface area (Å²) in [5.74, 6) is 0. The molecule has 0 aromatic carbocycles. The quantitative estimate of drug-likeness (QED) is 0.272. The number of halogens is 1. The van der Waals surface area contributed by atoms with Crippen molar-refractivity contribution in [1.82, 2.24) is 0 Å². The second kappa shape index (κ2) is 12.7. The lowest BCUT2D eigenvalue weighted by atomic mass is 10.1. The Labute approximate surface area is 138 Å². The number of hydrogen-bond donors (Lipinski definition) is 1. The van der Waals surface area contributed by atoms with Crippen LogP contribution in [0.4, 0.5) is 0 Å². The first-order chi connectivity index (χ1) is 9.87. The molecule has 0 radical (unpaired) electrons. The molecule has 0 saturated heterocycles. The van der Waals surface area contributed by atoms with Crippen LogP contribution in [0.15, 0.2) is 0 Å². The molecule has 0 aliphatic rings. The second-order valence-corrected chi connectivity index (χ2v) is 7.93. The summed E-state index contributed by atoms with van der Waals surface area (Å²) in [6.45, 7) is 6.26. The Morgan fingerprint density at radius 1 is 0.857 bits per heavy atom. The van der Waals surface area contributed by atoms with Gasteiger partial charge in [0.15, 0.2) is 0 Å². The third kappa shape index (κ3) is 14.9. The van der Waals surface area contributed by atoms with Gasteiger partial charge >= 0.3 is 0 Å². The number of quaternary nitrogens is 1. The molecule has 0 fully saturated rings. The molecule has 0 spiro atoms. The summed E-state index contributed by atoms with van der Waals surface area (Å²) in [4.78, 5) is 0. The van der Waals surface area contributed by atoms with E-state index in [1.54, 1.807) is 0 Å². The van der Waals surface area contributed by atoms with Crippen molar-refractivity contribution in [2.75, 3.05) is 27.2 Å². The molecule has 2 unspecified atom stereocenters. The minimum Gasteiger partial charge on any atom is -0.393 e. The molecule has 0 rings (SSSR count). The lowest BCUT2D eigenvalue weighted by molar-refractivity contribution is -0.891. The van der Waals surface area contributed by atoms with Crippen molar-refractivity contribution < 1.29 is 9.59 Å². The third-order valence-corrected chi connectivity index (χ3v) is 4.76. The minimum atomic E-state index is -0.193. The van der Waals surface area contributed by atoms with E-state index in [0.29, 0.717) is 5.38 Å². The molecule has 0 aliphatic carbocycles. The van der Waals surface area contributed by atoms with Gasteiger partial charge in [0.05, 0.1) is 33.3 Å². The maximum Gasteiger partial charge on any atom is 0.0807 e. The van der Waals surface area contributed by atoms with Gasteiger partial charge in [0.1, 0.15) is 0 Å². The fourth-order valence-electron chi connectivity index (χ4n) is 2.60. The molecule has 0 aromatic rings. The zero-order chi connectivity index (χ0) is 16.1. The summed E-state index contributed by atoms with van der Waals surface area (Å²) in [6, 6.07) is 0. The molecule has 3 heteroatoms. The monoisotopic (exact) mass is 320 g/mol. The zero-order valence-electron chi connectivity index (χ0n) is 14.9. The largest absolute Gasteiger partial charge is 0.393 e. The Morgan fingerprint density at radius 2 is 1.38 bits per heavy atom. The molecule has 0 amide bonds. The maximum atomic E-state index is 9.38. The van der Waals surface area contributed by atoms with Crippen LogP contribution in [0.2, 0.25) is 0 Å². The van der Waals surface area contributed by atoms with E-state index in [0.717, 1.165) is 36.8 Å². The topological polar surface area (TPSA) is 20.2 Å². The Hall–Kier alpha value is 0.210. The van der Waals surface area contributed by atoms with Gasteiger partial charge in [-0.25, -0.2) is 0 Å². The van der Waals surface area contributed by atoms with Crippen LogP contribution in [0.3, 0.4) is 0 Å². The lowest BCUT2D eigenvalue weighted by Crippen LogP contribution is -2.43. The smallest absolute Gasteiger partial charge is 0.0807 e. The van der Waals surface area contributed by atoms with Gasteiger partial charge in [-0.15, -0.1) is 11.6 Å². The van der Waals surface area contributed by atoms with Crippen molar-refractivity contribution in [3.05, 3.63) is 0 Å². The summed E-state index contributed by atoms with van der Waals surface area (Å²) < 4.78 is 0.963. The van der Waals surface area contributed by atoms with E-state index in [9.17, 15) is 5.11 Å². The van der Waals surface area contributed by atoms with Gasteiger partial charge in [-0.3, -0.25) is 0 Å². The van der Waals surface area contributed by atoms with E-state index in [4.69, 9.17) is 11.6 Å². The minimum absolute atomic E-state index is 0.193. The average molecular weight is 321 g/mol. The highest BCUT2D eigenvalue weighted by Crippen LogP contribution is 2.16. The maximum absolute atomic E-state index is 9.38. The Bertz CT molecular complexity index is 231. The van der Waals surface area contributed by atoms with Crippen LogP contribution in [-0.2, 0) is 0 Å². The van der Waals surface area contributed by atoms with Crippen molar-refractivity contribution >= 4 is 11.6 Å². The molecule has 0 heterocycles. The number of alkyl halides is 1. The van der Waals surface area contributed by atoms with E-state index in [-0.39, 0.29) is 6.10 Å². The van der Waals surface area contributed by atoms with E-state index in [2.05, 4.69) is 21.0 Å². The highest BCUT2D eigenvalue weighted by molar-refractivity contribution is 6.20. The van der Waals surface area contributed by atoms with Gasteiger partial charge in [0.2, 0.25) is 0 Å². The molecule has 21 heavy (non-hydrogen) atoms. The van der Waals surface area contributed by atoms with Crippen molar-refractivity contribution in [2.24, 2.45) is 0 Å². The summed E-state index contributed by atoms with van der Waals surface area (Å²) in [5, 5.41) is 9.70. The Kier molecular flexibility index (Phi) is 12.9. The Balaban J connectivity index is 3.54. The van der Waals surface area contributed by atoms with Crippen molar-refractivity contribution in [3.8, 4) is 0 Å². The molecule has 0 bridgehead atoms. The first-order valence-electron chi connectivity index (χ1n) is 9.01. The van der Waals surface area contributed by atoms with Crippen LogP contribution in [0.1, 0.15) is 78.1 Å². The van der Waals surface area contributed by atoms with Gasteiger partial charge in [-0.05, 0) is 13.3 Å². The molecule has 1 N–H and O–H groups in total. The lowest BCUT2D eigenvalue weighted by Gasteiger charge is -2.31. The summed E-state index contributed by atoms with van der Waals surface area (Å²) in [7, 11) is 4.47. The molecule has 2 atom stereocenters. The molecule has 0 saturated carbocycles. The predicted octanol–water partition coefficient (Wildman–Crippen LogP) is 4.97. The highest BCUT2D eigenvalue weighted by Gasteiger charge is 2.18. The summed E-state index contributed by atoms with van der Waals surface area (Å²) in [6.07, 6.45) is 12.4. The number of aliphatic hydroxyl groups is 1. The summed E-state index contributed by atoms with van der Waals surface area (Å²) in [5.41, 5.74) is 0. The van der Waals surface area contributed by atoms with Crippen LogP contribution in [0.5, 0.6) is 0 Å². The molecule has 128 valence electrons. The van der Waals surface area contributed by atoms with E-state index < -0.39 is 0 Å². The number of nitrogens with zero attached hydrogens (tertiary/aromatic N) is 1. The van der Waals surface area contributed by atoms with Crippen LogP contribution in [0, 0.1) is 0 Å². The molecule has 0 aliphatic heterocycles. The van der Waals surface area contributed by atoms with E-state index in [1.807, 2.05) is 6.92 Å². The number of hydrogen-bond acceptors (Lipinski definition) is 1. The van der Waals surface area contributed by atoms with E-state index in [1.165, 1.54) is 44.9 Å². The molecule has 2 nitrogen and oxygen atoms in total. The summed E-state index contributed by atoms with van der Waals surface area (Å²) >= 11 is 6.45. The fourth-order valence-corrected chi connectivity index (χ4v) is 2.86. The SMILES string of the molecule is CCCCCCCCCC(Cl)CC[N+](C)(C)CCC(C)O. The average Bonchev–Trinajstić information content (AvgIpc) is 2.42. The van der Waals surface area contributed by atoms with Crippen molar-refractivity contribution in [1.29, 1.82) is 0 Å². The first kappa shape index (κ1) is 21.2. The van der Waals surface area contributed by atoms with Gasteiger partial charge in [-0.2, -0.15) is 0 Å². The van der Waals surface area contributed by atoms with Crippen LogP contribution < -0.4 is 0 Å². The predicted molar refractivity (Wildman–Crippen MR) is 95.0 cm³/mol. The molecule has 0 aromatic heterocycles. The van der Waals surface area contributed by atoms with Crippen LogP contribution in [0.25, 0.3) is 0 Å². The first-order valence-corrected chi connectivity index (χ1v) is 9.45. The van der Waals surface area contributed by atoms with E-state index >= 15 is 0 Å². The number of unbranched alkanes of at least 4 members (excludes halogenated alkanes) is 6. The number of aliphatic hydroxyl groups excluding tert-OH is 1. The van der Waals surface area contributed by atoms with Gasteiger partial charge in [0.25, 0.3) is 0 Å². The fraction of sp³-hybridized carbons (Fsp3) is 1.00. The highest BCUT2D eigenvalue weighted by atomic mass is 35.5. The number of rotatable bonds is 14. The molecular formula is C18H39ClNO+. The van der Waals surface area contributed by atoms with Gasteiger partial charge < -0.3 is 9.59 Å². The van der Waals surface area contributed by atoms with Crippen LogP contribution >= 0.6 is 11.6 Å².